The number of nitrogens with zero attached hydrogens (tertiary/aromatic N) is 4. The Hall–Kier alpha value is -7.96. The molecule has 0 fully saturated rings. The molecule has 0 aliphatic heterocycles. The summed E-state index contributed by atoms with van der Waals surface area (Å²) in [6.07, 6.45) is 0. The minimum Gasteiger partial charge on any atom is -0.456 e. The summed E-state index contributed by atoms with van der Waals surface area (Å²) in [7, 11) is 0. The molecule has 0 unspecified atom stereocenters. The van der Waals surface area contributed by atoms with E-state index in [9.17, 15) is 0 Å². The van der Waals surface area contributed by atoms with Crippen molar-refractivity contribution < 1.29 is 8.83 Å². The first-order valence-corrected chi connectivity index (χ1v) is 19.2. The van der Waals surface area contributed by atoms with Crippen LogP contribution in [0.3, 0.4) is 0 Å². The summed E-state index contributed by atoms with van der Waals surface area (Å²) in [4.78, 5) is 20.0. The van der Waals surface area contributed by atoms with Crippen molar-refractivity contribution in [2.45, 2.75) is 0 Å². The van der Waals surface area contributed by atoms with Gasteiger partial charge >= 0.3 is 0 Å². The van der Waals surface area contributed by atoms with Gasteiger partial charge < -0.3 is 8.83 Å². The second-order valence-corrected chi connectivity index (χ2v) is 14.2. The lowest BCUT2D eigenvalue weighted by Crippen LogP contribution is -2.00. The maximum absolute atomic E-state index is 6.63. The molecule has 0 atom stereocenters. The van der Waals surface area contributed by atoms with E-state index in [1.807, 2.05) is 97.1 Å². The lowest BCUT2D eigenvalue weighted by atomic mass is 9.90. The van der Waals surface area contributed by atoms with Gasteiger partial charge in [0.15, 0.2) is 23.1 Å². The van der Waals surface area contributed by atoms with Crippen LogP contribution in [0.5, 0.6) is 0 Å². The highest BCUT2D eigenvalue weighted by Crippen LogP contribution is 2.42. The van der Waals surface area contributed by atoms with E-state index in [2.05, 4.69) is 97.1 Å². The van der Waals surface area contributed by atoms with E-state index in [4.69, 9.17) is 28.8 Å². The van der Waals surface area contributed by atoms with Gasteiger partial charge in [-0.25, -0.2) is 19.9 Å². The summed E-state index contributed by atoms with van der Waals surface area (Å²) >= 11 is 0. The lowest BCUT2D eigenvalue weighted by Gasteiger charge is -2.14. The van der Waals surface area contributed by atoms with Gasteiger partial charge in [0.2, 0.25) is 5.89 Å². The molecular formula is C52H32N4O2. The van der Waals surface area contributed by atoms with Crippen LogP contribution in [0.4, 0.5) is 0 Å². The third kappa shape index (κ3) is 5.92. The van der Waals surface area contributed by atoms with Crippen LogP contribution in [0.25, 0.3) is 112 Å². The van der Waals surface area contributed by atoms with Crippen molar-refractivity contribution in [1.82, 2.24) is 19.9 Å². The zero-order valence-corrected chi connectivity index (χ0v) is 31.1. The fourth-order valence-corrected chi connectivity index (χ4v) is 7.85. The SMILES string of the molecule is c1ccc(-c2nc(-c3ccccc3)nc(-c3cccc4oc5ccc(-c6ccc7nc(-c8cccc(-c9ccccc9)c8-c8ccccc8)oc7c6)cc5c34)n2)cc1. The zero-order valence-electron chi connectivity index (χ0n) is 31.1. The maximum Gasteiger partial charge on any atom is 0.227 e. The molecule has 0 spiro atoms. The van der Waals surface area contributed by atoms with E-state index < -0.39 is 0 Å². The van der Waals surface area contributed by atoms with Gasteiger partial charge in [0, 0.05) is 38.6 Å². The van der Waals surface area contributed by atoms with Gasteiger partial charge in [0.05, 0.1) is 0 Å². The number of oxazole rings is 1. The van der Waals surface area contributed by atoms with Crippen molar-refractivity contribution in [3.63, 3.8) is 0 Å². The summed E-state index contributed by atoms with van der Waals surface area (Å²) in [6.45, 7) is 0. The van der Waals surface area contributed by atoms with Crippen molar-refractivity contribution in [3.8, 4) is 79.0 Å². The topological polar surface area (TPSA) is 77.8 Å². The Morgan fingerprint density at radius 1 is 0.310 bits per heavy atom. The summed E-state index contributed by atoms with van der Waals surface area (Å²) in [5.74, 6) is 2.37. The van der Waals surface area contributed by atoms with Crippen LogP contribution in [0.2, 0.25) is 0 Å². The first kappa shape index (κ1) is 33.4. The van der Waals surface area contributed by atoms with Crippen LogP contribution >= 0.6 is 0 Å². The Bertz CT molecular complexity index is 3210. The number of fused-ring (bicyclic) bond motifs is 4. The Labute approximate surface area is 333 Å². The van der Waals surface area contributed by atoms with Crippen LogP contribution in [0.15, 0.2) is 203 Å². The van der Waals surface area contributed by atoms with Gasteiger partial charge in [-0.2, -0.15) is 0 Å². The molecule has 11 aromatic rings. The monoisotopic (exact) mass is 744 g/mol. The highest BCUT2D eigenvalue weighted by atomic mass is 16.3. The largest absolute Gasteiger partial charge is 0.456 e. The molecule has 3 heterocycles. The molecule has 0 N–H and O–H groups in total. The molecule has 58 heavy (non-hydrogen) atoms. The zero-order chi connectivity index (χ0) is 38.4. The fourth-order valence-electron chi connectivity index (χ4n) is 7.85. The smallest absolute Gasteiger partial charge is 0.227 e. The summed E-state index contributed by atoms with van der Waals surface area (Å²) < 4.78 is 13.1. The molecule has 0 aliphatic rings. The molecule has 0 radical (unpaired) electrons. The second kappa shape index (κ2) is 14.0. The average Bonchev–Trinajstić information content (AvgIpc) is 3.91. The number of hydrogen-bond donors (Lipinski definition) is 0. The van der Waals surface area contributed by atoms with E-state index in [1.54, 1.807) is 0 Å². The average molecular weight is 745 g/mol. The highest BCUT2D eigenvalue weighted by Gasteiger charge is 2.21. The predicted molar refractivity (Wildman–Crippen MR) is 233 cm³/mol. The van der Waals surface area contributed by atoms with E-state index in [0.717, 1.165) is 83.1 Å². The number of rotatable bonds is 7. The van der Waals surface area contributed by atoms with Gasteiger partial charge in [0.1, 0.15) is 16.7 Å². The Balaban J connectivity index is 1.03. The number of hydrogen-bond acceptors (Lipinski definition) is 6. The summed E-state index contributed by atoms with van der Waals surface area (Å²) in [6, 6.07) is 65.8. The van der Waals surface area contributed by atoms with Crippen molar-refractivity contribution >= 4 is 33.0 Å². The van der Waals surface area contributed by atoms with Crippen molar-refractivity contribution in [1.29, 1.82) is 0 Å². The van der Waals surface area contributed by atoms with E-state index >= 15 is 0 Å². The fraction of sp³-hybridized carbons (Fsp3) is 0. The first-order chi connectivity index (χ1) is 28.7. The number of aromatic nitrogens is 4. The third-order valence-corrected chi connectivity index (χ3v) is 10.6. The van der Waals surface area contributed by atoms with Crippen LogP contribution in [-0.2, 0) is 0 Å². The first-order valence-electron chi connectivity index (χ1n) is 19.2. The predicted octanol–water partition coefficient (Wildman–Crippen LogP) is 13.6. The molecule has 6 heteroatoms. The van der Waals surface area contributed by atoms with Gasteiger partial charge in [-0.1, -0.05) is 158 Å². The maximum atomic E-state index is 6.63. The van der Waals surface area contributed by atoms with Crippen LogP contribution in [0, 0.1) is 0 Å². The quantitative estimate of drug-likeness (QED) is 0.162. The minimum atomic E-state index is 0.576. The van der Waals surface area contributed by atoms with Crippen LogP contribution in [0.1, 0.15) is 0 Å². The highest BCUT2D eigenvalue weighted by molar-refractivity contribution is 6.13. The Morgan fingerprint density at radius 3 is 1.55 bits per heavy atom. The van der Waals surface area contributed by atoms with Crippen molar-refractivity contribution in [3.05, 3.63) is 194 Å². The molecule has 0 saturated heterocycles. The lowest BCUT2D eigenvalue weighted by molar-refractivity contribution is 0.620. The van der Waals surface area contributed by atoms with Gasteiger partial charge in [0.25, 0.3) is 0 Å². The molecule has 8 aromatic carbocycles. The van der Waals surface area contributed by atoms with Gasteiger partial charge in [-0.05, 0) is 64.2 Å². The minimum absolute atomic E-state index is 0.576. The van der Waals surface area contributed by atoms with Gasteiger partial charge in [-0.3, -0.25) is 0 Å². The molecule has 0 amide bonds. The second-order valence-electron chi connectivity index (χ2n) is 14.2. The van der Waals surface area contributed by atoms with E-state index in [-0.39, 0.29) is 0 Å². The van der Waals surface area contributed by atoms with Gasteiger partial charge in [-0.15, -0.1) is 0 Å². The van der Waals surface area contributed by atoms with Crippen LogP contribution in [-0.4, -0.2) is 19.9 Å². The Morgan fingerprint density at radius 2 is 0.862 bits per heavy atom. The molecule has 6 nitrogen and oxygen atoms in total. The molecule has 0 bridgehead atoms. The van der Waals surface area contributed by atoms with Crippen molar-refractivity contribution in [2.24, 2.45) is 0 Å². The molecule has 272 valence electrons. The third-order valence-electron chi connectivity index (χ3n) is 10.6. The molecular weight excluding hydrogens is 713 g/mol. The van der Waals surface area contributed by atoms with E-state index in [0.29, 0.717) is 28.9 Å². The van der Waals surface area contributed by atoms with Crippen LogP contribution < -0.4 is 0 Å². The summed E-state index contributed by atoms with van der Waals surface area (Å²) in [5.41, 5.74) is 13.1. The molecule has 0 aliphatic carbocycles. The Kier molecular flexibility index (Phi) is 8.04. The summed E-state index contributed by atoms with van der Waals surface area (Å²) in [5, 5.41) is 1.91. The molecule has 3 aromatic heterocycles. The number of benzene rings is 8. The normalized spacial score (nSPS) is 11.4. The van der Waals surface area contributed by atoms with E-state index in [1.165, 1.54) is 0 Å². The van der Waals surface area contributed by atoms with Crippen molar-refractivity contribution in [2.75, 3.05) is 0 Å². The standard InChI is InChI=1S/C52H32N4O2/c1-5-15-33(16-6-1)39-23-13-25-41(47(39)34-17-7-2-8-18-34)52-53-43-29-27-38(32-46(43)58-52)37-28-30-44-42(31-37)48-40(24-14-26-45(48)57-44)51-55-49(35-19-9-3-10-20-35)54-50(56-51)36-21-11-4-12-22-36/h1-32H. The molecule has 11 rings (SSSR count). The molecule has 0 saturated carbocycles. The number of furan rings is 1.